The van der Waals surface area contributed by atoms with Crippen molar-refractivity contribution in [2.45, 2.75) is 13.8 Å². The quantitative estimate of drug-likeness (QED) is 0.450. The summed E-state index contributed by atoms with van der Waals surface area (Å²) in [6.45, 7) is 4.11. The average molecular weight is 547 g/mol. The van der Waals surface area contributed by atoms with Gasteiger partial charge in [-0.25, -0.2) is 4.99 Å². The van der Waals surface area contributed by atoms with Crippen molar-refractivity contribution in [1.82, 2.24) is 5.32 Å². The van der Waals surface area contributed by atoms with Gasteiger partial charge < -0.3 is 15.2 Å². The summed E-state index contributed by atoms with van der Waals surface area (Å²) in [7, 11) is 0. The molecule has 1 aliphatic heterocycles. The molecule has 2 N–H and O–H groups in total. The minimum atomic E-state index is -0.252. The molecule has 1 saturated heterocycles. The zero-order valence-corrected chi connectivity index (χ0v) is 19.6. The molecule has 5 nitrogen and oxygen atoms in total. The molecule has 0 spiro atoms. The highest BCUT2D eigenvalue weighted by molar-refractivity contribution is 9.13. The molecule has 9 heteroatoms. The molecule has 2 aromatic rings. The Bertz CT molecular complexity index is 1020. The number of aliphatic imine (C=N–C) groups is 1. The second-order valence-electron chi connectivity index (χ2n) is 5.74. The van der Waals surface area contributed by atoms with Crippen LogP contribution in [0, 0.1) is 6.92 Å². The van der Waals surface area contributed by atoms with Crippen LogP contribution in [0.5, 0.6) is 11.5 Å². The number of nitrogens with one attached hydrogen (secondary N) is 1. The summed E-state index contributed by atoms with van der Waals surface area (Å²) < 4.78 is 6.53. The summed E-state index contributed by atoms with van der Waals surface area (Å²) in [4.78, 5) is 17.4. The Morgan fingerprint density at radius 3 is 2.82 bits per heavy atom. The van der Waals surface area contributed by atoms with Crippen molar-refractivity contribution in [1.29, 1.82) is 0 Å². The summed E-state index contributed by atoms with van der Waals surface area (Å²) in [6, 6.07) is 7.12. The summed E-state index contributed by atoms with van der Waals surface area (Å²) in [5, 5.41) is 14.0. The first-order valence-corrected chi connectivity index (χ1v) is 11.0. The van der Waals surface area contributed by atoms with E-state index < -0.39 is 0 Å². The molecule has 0 bridgehead atoms. The maximum atomic E-state index is 12.4. The largest absolute Gasteiger partial charge is 0.503 e. The summed E-state index contributed by atoms with van der Waals surface area (Å²) in [6.07, 6.45) is 1.71. The van der Waals surface area contributed by atoms with Gasteiger partial charge >= 0.3 is 0 Å². The Hall–Kier alpha value is -1.48. The SMILES string of the molecule is CCOc1cc(/C=C2/SC(=Nc3cccc(Cl)c3C)NC2=O)c(Br)c(Br)c1O. The van der Waals surface area contributed by atoms with Crippen LogP contribution in [0.3, 0.4) is 0 Å². The van der Waals surface area contributed by atoms with Crippen molar-refractivity contribution in [3.05, 3.63) is 54.3 Å². The van der Waals surface area contributed by atoms with Crippen LogP contribution < -0.4 is 10.1 Å². The van der Waals surface area contributed by atoms with Gasteiger partial charge in [-0.15, -0.1) is 0 Å². The number of amides is 1. The lowest BCUT2D eigenvalue weighted by molar-refractivity contribution is -0.115. The molecule has 0 unspecified atom stereocenters. The Morgan fingerprint density at radius 2 is 2.11 bits per heavy atom. The van der Waals surface area contributed by atoms with Crippen molar-refractivity contribution >= 4 is 78.1 Å². The fourth-order valence-corrected chi connectivity index (χ4v) is 4.27. The third-order valence-electron chi connectivity index (χ3n) is 3.87. The molecule has 0 radical (unpaired) electrons. The van der Waals surface area contributed by atoms with E-state index in [9.17, 15) is 9.90 Å². The smallest absolute Gasteiger partial charge is 0.264 e. The number of nitrogens with zero attached hydrogens (tertiary/aromatic N) is 1. The molecule has 1 fully saturated rings. The number of carbonyl (C=O) groups is 1. The number of thioether (sulfide) groups is 1. The van der Waals surface area contributed by atoms with Crippen LogP contribution >= 0.6 is 55.2 Å². The standard InChI is InChI=1S/C19H15Br2ClN2O3S/c1-3-27-13-7-10(15(20)16(21)17(13)25)8-14-18(26)24-19(28-14)23-12-6-4-5-11(22)9(12)2/h4-8,25H,3H2,1-2H3,(H,23,24,26)/b14-8+. The first-order chi connectivity index (χ1) is 13.3. The molecule has 1 heterocycles. The van der Waals surface area contributed by atoms with E-state index in [1.807, 2.05) is 26.0 Å². The predicted molar refractivity (Wildman–Crippen MR) is 122 cm³/mol. The van der Waals surface area contributed by atoms with E-state index in [1.54, 1.807) is 18.2 Å². The number of phenolic OH excluding ortho intramolecular Hbond substituents is 1. The number of benzene rings is 2. The number of carbonyl (C=O) groups excluding carboxylic acids is 1. The van der Waals surface area contributed by atoms with E-state index in [0.29, 0.717) is 47.6 Å². The Kier molecular flexibility index (Phi) is 6.75. The third kappa shape index (κ3) is 4.40. The summed E-state index contributed by atoms with van der Waals surface area (Å²) >= 11 is 14.1. The molecule has 28 heavy (non-hydrogen) atoms. The topological polar surface area (TPSA) is 70.9 Å². The van der Waals surface area contributed by atoms with Crippen LogP contribution in [0.1, 0.15) is 18.1 Å². The molecule has 0 aliphatic carbocycles. The highest BCUT2D eigenvalue weighted by Gasteiger charge is 2.25. The molecule has 1 aliphatic rings. The summed E-state index contributed by atoms with van der Waals surface area (Å²) in [5.74, 6) is 0.0758. The van der Waals surface area contributed by atoms with Crippen molar-refractivity contribution in [2.24, 2.45) is 4.99 Å². The highest BCUT2D eigenvalue weighted by Crippen LogP contribution is 2.43. The molecule has 2 aromatic carbocycles. The third-order valence-corrected chi connectivity index (χ3v) is 7.35. The molecular weight excluding hydrogens is 532 g/mol. The molecule has 3 rings (SSSR count). The number of aromatic hydroxyl groups is 1. The van der Waals surface area contributed by atoms with Crippen molar-refractivity contribution in [3.63, 3.8) is 0 Å². The van der Waals surface area contributed by atoms with E-state index in [2.05, 4.69) is 42.2 Å². The first kappa shape index (κ1) is 21.2. The second-order valence-corrected chi connectivity index (χ2v) is 8.76. The lowest BCUT2D eigenvalue weighted by atomic mass is 10.2. The van der Waals surface area contributed by atoms with Gasteiger partial charge in [0.15, 0.2) is 16.7 Å². The van der Waals surface area contributed by atoms with Gasteiger partial charge in [0.05, 0.1) is 21.7 Å². The number of phenols is 1. The van der Waals surface area contributed by atoms with Crippen LogP contribution in [-0.2, 0) is 4.79 Å². The number of hydrogen-bond donors (Lipinski definition) is 2. The number of hydrogen-bond acceptors (Lipinski definition) is 5. The minimum Gasteiger partial charge on any atom is -0.503 e. The van der Waals surface area contributed by atoms with Gasteiger partial charge in [0, 0.05) is 9.50 Å². The number of halogens is 3. The minimum absolute atomic E-state index is 0.00177. The number of amidine groups is 1. The Balaban J connectivity index is 1.95. The van der Waals surface area contributed by atoms with Gasteiger partial charge in [-0.1, -0.05) is 17.7 Å². The van der Waals surface area contributed by atoms with Gasteiger partial charge in [0.2, 0.25) is 0 Å². The zero-order valence-electron chi connectivity index (χ0n) is 14.8. The van der Waals surface area contributed by atoms with Crippen LogP contribution in [-0.4, -0.2) is 22.8 Å². The van der Waals surface area contributed by atoms with Crippen molar-refractivity contribution < 1.29 is 14.6 Å². The maximum absolute atomic E-state index is 12.4. The number of rotatable bonds is 4. The lowest BCUT2D eigenvalue weighted by Crippen LogP contribution is -2.19. The van der Waals surface area contributed by atoms with Gasteiger partial charge in [-0.05, 0) is 92.9 Å². The van der Waals surface area contributed by atoms with Gasteiger partial charge in [-0.2, -0.15) is 0 Å². The molecule has 1 amide bonds. The number of ether oxygens (including phenoxy) is 1. The molecule has 146 valence electrons. The van der Waals surface area contributed by atoms with Crippen LogP contribution in [0.15, 0.2) is 43.1 Å². The van der Waals surface area contributed by atoms with E-state index in [-0.39, 0.29) is 11.7 Å². The van der Waals surface area contributed by atoms with Crippen LogP contribution in [0.25, 0.3) is 6.08 Å². The van der Waals surface area contributed by atoms with E-state index in [1.165, 1.54) is 11.8 Å². The van der Waals surface area contributed by atoms with Crippen molar-refractivity contribution in [2.75, 3.05) is 6.61 Å². The van der Waals surface area contributed by atoms with E-state index in [0.717, 1.165) is 5.56 Å². The Labute approximate surface area is 188 Å². The fraction of sp³-hybridized carbons (Fsp3) is 0.158. The van der Waals surface area contributed by atoms with Gasteiger partial charge in [-0.3, -0.25) is 4.79 Å². The lowest BCUT2D eigenvalue weighted by Gasteiger charge is -2.11. The highest BCUT2D eigenvalue weighted by atomic mass is 79.9. The van der Waals surface area contributed by atoms with Crippen molar-refractivity contribution in [3.8, 4) is 11.5 Å². The normalized spacial score (nSPS) is 16.7. The average Bonchev–Trinajstić information content (AvgIpc) is 3.00. The fourth-order valence-electron chi connectivity index (χ4n) is 2.43. The van der Waals surface area contributed by atoms with Crippen LogP contribution in [0.4, 0.5) is 5.69 Å². The van der Waals surface area contributed by atoms with E-state index >= 15 is 0 Å². The zero-order chi connectivity index (χ0) is 20.4. The molecule has 0 atom stereocenters. The molecule has 0 saturated carbocycles. The molecule has 0 aromatic heterocycles. The van der Waals surface area contributed by atoms with Gasteiger partial charge in [0.1, 0.15) is 0 Å². The maximum Gasteiger partial charge on any atom is 0.264 e. The predicted octanol–water partition coefficient (Wildman–Crippen LogP) is 6.17. The van der Waals surface area contributed by atoms with Gasteiger partial charge in [0.25, 0.3) is 5.91 Å². The summed E-state index contributed by atoms with van der Waals surface area (Å²) in [5.41, 5.74) is 2.23. The first-order valence-electron chi connectivity index (χ1n) is 8.20. The monoisotopic (exact) mass is 544 g/mol. The second kappa shape index (κ2) is 8.90. The Morgan fingerprint density at radius 1 is 1.36 bits per heavy atom. The molecular formula is C19H15Br2ClN2O3S. The van der Waals surface area contributed by atoms with E-state index in [4.69, 9.17) is 16.3 Å². The van der Waals surface area contributed by atoms with Crippen LogP contribution in [0.2, 0.25) is 5.02 Å².